The standard InChI is InChI=1S/C20H19ClO7/c21-20(10-4-2-1-3-9(10)19(26)27)11-5-7-13(22)15(24)17(11)28-18-12(20)6-8-14(23)16(18)25/h5-11,23-25H,1-4H2,(H,26,27). The van der Waals surface area contributed by atoms with Crippen LogP contribution in [0.3, 0.4) is 0 Å². The van der Waals surface area contributed by atoms with Crippen LogP contribution in [0.25, 0.3) is 0 Å². The average molecular weight is 407 g/mol. The van der Waals surface area contributed by atoms with Crippen molar-refractivity contribution in [3.63, 3.8) is 0 Å². The third-order valence-corrected chi connectivity index (χ3v) is 6.72. The average Bonchev–Trinajstić information content (AvgIpc) is 2.68. The maximum atomic E-state index is 11.9. The van der Waals surface area contributed by atoms with Crippen LogP contribution in [0.1, 0.15) is 31.2 Å². The SMILES string of the molecule is O=C1C=CC2C(=C1O)Oc1c(ccc(O)c1O)C2(Cl)C1CCCCC1C(=O)O. The summed E-state index contributed by atoms with van der Waals surface area (Å²) in [6.07, 6.45) is 5.21. The van der Waals surface area contributed by atoms with Crippen LogP contribution in [0.2, 0.25) is 0 Å². The molecule has 1 aliphatic heterocycles. The maximum absolute atomic E-state index is 11.9. The number of aliphatic hydroxyl groups is 1. The molecule has 4 N–H and O–H groups in total. The van der Waals surface area contributed by atoms with Gasteiger partial charge in [0.25, 0.3) is 0 Å². The summed E-state index contributed by atoms with van der Waals surface area (Å²) in [7, 11) is 0. The molecular weight excluding hydrogens is 388 g/mol. The van der Waals surface area contributed by atoms with Crippen LogP contribution in [0, 0.1) is 17.8 Å². The number of hydrogen-bond acceptors (Lipinski definition) is 6. The van der Waals surface area contributed by atoms with Crippen LogP contribution < -0.4 is 4.74 Å². The molecule has 1 fully saturated rings. The predicted molar refractivity (Wildman–Crippen MR) is 98.3 cm³/mol. The number of alkyl halides is 1. The number of fused-ring (bicyclic) bond motifs is 2. The number of halogens is 1. The molecule has 4 atom stereocenters. The van der Waals surface area contributed by atoms with Crippen molar-refractivity contribution in [3.8, 4) is 17.2 Å². The molecule has 1 aromatic rings. The van der Waals surface area contributed by atoms with Gasteiger partial charge < -0.3 is 25.2 Å². The van der Waals surface area contributed by atoms with E-state index in [0.29, 0.717) is 18.4 Å². The van der Waals surface area contributed by atoms with E-state index in [4.69, 9.17) is 16.3 Å². The van der Waals surface area contributed by atoms with Gasteiger partial charge in [0.2, 0.25) is 17.3 Å². The first kappa shape index (κ1) is 18.7. The molecule has 7 nitrogen and oxygen atoms in total. The molecule has 0 spiro atoms. The molecule has 0 amide bonds. The van der Waals surface area contributed by atoms with E-state index in [1.165, 1.54) is 24.3 Å². The largest absolute Gasteiger partial charge is 0.504 e. The van der Waals surface area contributed by atoms with Gasteiger partial charge in [0.05, 0.1) is 16.7 Å². The number of ether oxygens (including phenoxy) is 1. The summed E-state index contributed by atoms with van der Waals surface area (Å²) in [6.45, 7) is 0. The fraction of sp³-hybridized carbons (Fsp3) is 0.400. The number of carboxylic acids is 1. The van der Waals surface area contributed by atoms with Crippen LogP contribution in [-0.2, 0) is 14.5 Å². The van der Waals surface area contributed by atoms with E-state index >= 15 is 0 Å². The molecule has 1 aromatic carbocycles. The number of benzene rings is 1. The maximum Gasteiger partial charge on any atom is 0.306 e. The van der Waals surface area contributed by atoms with Crippen molar-refractivity contribution in [2.75, 3.05) is 0 Å². The Bertz CT molecular complexity index is 935. The second-order valence-corrected chi connectivity index (χ2v) is 8.06. The van der Waals surface area contributed by atoms with Crippen molar-refractivity contribution in [2.24, 2.45) is 17.8 Å². The van der Waals surface area contributed by atoms with Gasteiger partial charge in [-0.1, -0.05) is 18.9 Å². The van der Waals surface area contributed by atoms with Crippen molar-refractivity contribution >= 4 is 23.4 Å². The number of aliphatic hydroxyl groups excluding tert-OH is 1. The zero-order valence-electron chi connectivity index (χ0n) is 14.8. The van der Waals surface area contributed by atoms with Gasteiger partial charge in [0.15, 0.2) is 17.3 Å². The fourth-order valence-corrected chi connectivity index (χ4v) is 5.25. The molecule has 2 aliphatic carbocycles. The highest BCUT2D eigenvalue weighted by Crippen LogP contribution is 2.61. The van der Waals surface area contributed by atoms with E-state index in [2.05, 4.69) is 0 Å². The number of hydrogen-bond donors (Lipinski definition) is 4. The molecule has 3 aliphatic rings. The van der Waals surface area contributed by atoms with E-state index in [-0.39, 0.29) is 11.5 Å². The van der Waals surface area contributed by atoms with E-state index in [9.17, 15) is 30.0 Å². The minimum absolute atomic E-state index is 0.148. The highest BCUT2D eigenvalue weighted by atomic mass is 35.5. The number of phenolic OH excluding ortho intramolecular Hbond substituents is 2. The van der Waals surface area contributed by atoms with E-state index < -0.39 is 51.6 Å². The zero-order valence-corrected chi connectivity index (χ0v) is 15.5. The summed E-state index contributed by atoms with van der Waals surface area (Å²) < 4.78 is 5.63. The molecule has 148 valence electrons. The Balaban J connectivity index is 1.99. The lowest BCUT2D eigenvalue weighted by molar-refractivity contribution is -0.146. The number of carbonyl (C=O) groups excluding carboxylic acids is 1. The Kier molecular flexibility index (Phi) is 4.30. The molecule has 0 radical (unpaired) electrons. The molecule has 4 unspecified atom stereocenters. The summed E-state index contributed by atoms with van der Waals surface area (Å²) >= 11 is 7.19. The number of aromatic hydroxyl groups is 2. The lowest BCUT2D eigenvalue weighted by Crippen LogP contribution is -2.48. The van der Waals surface area contributed by atoms with E-state index in [0.717, 1.165) is 12.8 Å². The van der Waals surface area contributed by atoms with Crippen molar-refractivity contribution in [1.82, 2.24) is 0 Å². The van der Waals surface area contributed by atoms with Gasteiger partial charge in [0.1, 0.15) is 0 Å². The van der Waals surface area contributed by atoms with Crippen molar-refractivity contribution < 1.29 is 34.8 Å². The Morgan fingerprint density at radius 1 is 1.18 bits per heavy atom. The molecule has 1 saturated carbocycles. The Labute approximate surface area is 165 Å². The van der Waals surface area contributed by atoms with Crippen LogP contribution in [-0.4, -0.2) is 32.2 Å². The number of allylic oxidation sites excluding steroid dienone is 2. The quantitative estimate of drug-likeness (QED) is 0.438. The summed E-state index contributed by atoms with van der Waals surface area (Å²) in [4.78, 5) is 22.5. The smallest absolute Gasteiger partial charge is 0.306 e. The van der Waals surface area contributed by atoms with Gasteiger partial charge in [-0.05, 0) is 37.0 Å². The molecule has 28 heavy (non-hydrogen) atoms. The van der Waals surface area contributed by atoms with Gasteiger partial charge >= 0.3 is 5.97 Å². The molecule has 1 heterocycles. The third kappa shape index (κ3) is 2.49. The van der Waals surface area contributed by atoms with Crippen molar-refractivity contribution in [1.29, 1.82) is 0 Å². The van der Waals surface area contributed by atoms with E-state index in [1.807, 2.05) is 0 Å². The van der Waals surface area contributed by atoms with E-state index in [1.54, 1.807) is 0 Å². The molecule has 0 aromatic heterocycles. The summed E-state index contributed by atoms with van der Waals surface area (Å²) in [5, 5.41) is 40.3. The van der Waals surface area contributed by atoms with Crippen LogP contribution >= 0.6 is 11.6 Å². The third-order valence-electron chi connectivity index (χ3n) is 6.00. The highest BCUT2D eigenvalue weighted by molar-refractivity contribution is 6.25. The number of ketones is 1. The summed E-state index contributed by atoms with van der Waals surface area (Å²) in [5.74, 6) is -5.71. The number of carboxylic acid groups (broad SMARTS) is 1. The van der Waals surface area contributed by atoms with Gasteiger partial charge in [-0.25, -0.2) is 0 Å². The van der Waals surface area contributed by atoms with Gasteiger partial charge in [-0.2, -0.15) is 0 Å². The fourth-order valence-electron chi connectivity index (χ4n) is 4.66. The minimum Gasteiger partial charge on any atom is -0.504 e. The van der Waals surface area contributed by atoms with Crippen molar-refractivity contribution in [3.05, 3.63) is 41.4 Å². The lowest BCUT2D eigenvalue weighted by Gasteiger charge is -2.48. The topological polar surface area (TPSA) is 124 Å². The first-order valence-electron chi connectivity index (χ1n) is 9.07. The Morgan fingerprint density at radius 2 is 1.89 bits per heavy atom. The second kappa shape index (κ2) is 6.44. The molecule has 0 bridgehead atoms. The molecular formula is C20H19ClO7. The normalized spacial score (nSPS) is 31.8. The van der Waals surface area contributed by atoms with Gasteiger partial charge in [-0.15, -0.1) is 11.6 Å². The first-order valence-corrected chi connectivity index (χ1v) is 9.45. The predicted octanol–water partition coefficient (Wildman–Crippen LogP) is 3.34. The Morgan fingerprint density at radius 3 is 2.61 bits per heavy atom. The summed E-state index contributed by atoms with van der Waals surface area (Å²) in [6, 6.07) is 2.75. The number of aliphatic carboxylic acids is 1. The van der Waals surface area contributed by atoms with Crippen LogP contribution in [0.15, 0.2) is 35.8 Å². The molecule has 0 saturated heterocycles. The first-order chi connectivity index (χ1) is 13.3. The van der Waals surface area contributed by atoms with Crippen LogP contribution in [0.5, 0.6) is 17.2 Å². The lowest BCUT2D eigenvalue weighted by atomic mass is 9.63. The monoisotopic (exact) mass is 406 g/mol. The van der Waals surface area contributed by atoms with Crippen LogP contribution in [0.4, 0.5) is 0 Å². The molecule has 8 heteroatoms. The number of carbonyl (C=O) groups is 2. The van der Waals surface area contributed by atoms with Gasteiger partial charge in [0, 0.05) is 5.56 Å². The number of rotatable bonds is 2. The number of phenols is 2. The van der Waals surface area contributed by atoms with Crippen molar-refractivity contribution in [2.45, 2.75) is 30.6 Å². The zero-order chi connectivity index (χ0) is 20.2. The minimum atomic E-state index is -1.39. The van der Waals surface area contributed by atoms with Gasteiger partial charge in [-0.3, -0.25) is 9.59 Å². The molecule has 4 rings (SSSR count). The highest BCUT2D eigenvalue weighted by Gasteiger charge is 2.57. The second-order valence-electron chi connectivity index (χ2n) is 7.43. The summed E-state index contributed by atoms with van der Waals surface area (Å²) in [5.41, 5.74) is 0.322. The Hall–Kier alpha value is -2.67.